The van der Waals surface area contributed by atoms with E-state index >= 15 is 0 Å². The normalized spacial score (nSPS) is 37.4. The van der Waals surface area contributed by atoms with E-state index in [1.807, 2.05) is 0 Å². The SMILES string of the molecule is CC1CC(NCC2CCCN2C2CCCCC2)CCO1. The van der Waals surface area contributed by atoms with Crippen LogP contribution in [0.4, 0.5) is 0 Å². The Morgan fingerprint density at radius 3 is 2.70 bits per heavy atom. The summed E-state index contributed by atoms with van der Waals surface area (Å²) >= 11 is 0. The first-order chi connectivity index (χ1) is 9.83. The van der Waals surface area contributed by atoms with E-state index in [0.29, 0.717) is 12.1 Å². The van der Waals surface area contributed by atoms with Gasteiger partial charge in [0.2, 0.25) is 0 Å². The second kappa shape index (κ2) is 7.24. The fraction of sp³-hybridized carbons (Fsp3) is 1.00. The fourth-order valence-corrected chi connectivity index (χ4v) is 4.46. The Morgan fingerprint density at radius 2 is 1.90 bits per heavy atom. The van der Waals surface area contributed by atoms with Gasteiger partial charge in [-0.05, 0) is 52.0 Å². The molecule has 20 heavy (non-hydrogen) atoms. The predicted octanol–water partition coefficient (Wildman–Crippen LogP) is 2.94. The molecule has 3 atom stereocenters. The first-order valence-corrected chi connectivity index (χ1v) is 8.93. The van der Waals surface area contributed by atoms with Crippen LogP contribution in [-0.4, -0.2) is 48.8 Å². The maximum Gasteiger partial charge on any atom is 0.0561 e. The van der Waals surface area contributed by atoms with Crippen molar-refractivity contribution >= 4 is 0 Å². The zero-order valence-corrected chi connectivity index (χ0v) is 13.2. The molecule has 0 radical (unpaired) electrons. The van der Waals surface area contributed by atoms with Crippen molar-refractivity contribution in [1.29, 1.82) is 0 Å². The topological polar surface area (TPSA) is 24.5 Å². The van der Waals surface area contributed by atoms with Gasteiger partial charge in [0.05, 0.1) is 6.10 Å². The Balaban J connectivity index is 1.46. The van der Waals surface area contributed by atoms with Crippen LogP contribution >= 0.6 is 0 Å². The molecule has 0 amide bonds. The molecule has 0 aromatic rings. The standard InChI is InChI=1S/C17H32N2O/c1-14-12-15(9-11-20-14)18-13-17-8-5-10-19(17)16-6-3-2-4-7-16/h14-18H,2-13H2,1H3. The first-order valence-electron chi connectivity index (χ1n) is 8.93. The molecule has 0 aromatic heterocycles. The number of nitrogens with one attached hydrogen (secondary N) is 1. The van der Waals surface area contributed by atoms with Crippen molar-refractivity contribution in [3.63, 3.8) is 0 Å². The van der Waals surface area contributed by atoms with Gasteiger partial charge in [-0.1, -0.05) is 19.3 Å². The van der Waals surface area contributed by atoms with Gasteiger partial charge in [-0.2, -0.15) is 0 Å². The van der Waals surface area contributed by atoms with Gasteiger partial charge in [0.25, 0.3) is 0 Å². The maximum absolute atomic E-state index is 5.65. The number of rotatable bonds is 4. The summed E-state index contributed by atoms with van der Waals surface area (Å²) in [6.07, 6.45) is 12.9. The summed E-state index contributed by atoms with van der Waals surface area (Å²) in [6.45, 7) is 5.70. The Morgan fingerprint density at radius 1 is 1.05 bits per heavy atom. The van der Waals surface area contributed by atoms with Crippen LogP contribution in [0.5, 0.6) is 0 Å². The average Bonchev–Trinajstić information content (AvgIpc) is 2.95. The van der Waals surface area contributed by atoms with Crippen LogP contribution in [0, 0.1) is 0 Å². The highest BCUT2D eigenvalue weighted by Crippen LogP contribution is 2.29. The molecule has 116 valence electrons. The lowest BCUT2D eigenvalue weighted by atomic mass is 9.93. The van der Waals surface area contributed by atoms with Crippen LogP contribution < -0.4 is 5.32 Å². The summed E-state index contributed by atoms with van der Waals surface area (Å²) in [5, 5.41) is 3.84. The van der Waals surface area contributed by atoms with Crippen molar-refractivity contribution in [2.45, 2.75) is 88.9 Å². The highest BCUT2D eigenvalue weighted by atomic mass is 16.5. The average molecular weight is 280 g/mol. The third-order valence-corrected chi connectivity index (χ3v) is 5.59. The number of hydrogen-bond acceptors (Lipinski definition) is 3. The molecule has 0 bridgehead atoms. The van der Waals surface area contributed by atoms with Gasteiger partial charge in [-0.15, -0.1) is 0 Å². The summed E-state index contributed by atoms with van der Waals surface area (Å²) in [6, 6.07) is 2.38. The first kappa shape index (κ1) is 14.8. The summed E-state index contributed by atoms with van der Waals surface area (Å²) in [4.78, 5) is 2.84. The van der Waals surface area contributed by atoms with Gasteiger partial charge in [-0.25, -0.2) is 0 Å². The molecule has 0 spiro atoms. The van der Waals surface area contributed by atoms with Crippen molar-refractivity contribution < 1.29 is 4.74 Å². The molecular weight excluding hydrogens is 248 g/mol. The second-order valence-electron chi connectivity index (χ2n) is 7.14. The molecule has 2 saturated heterocycles. The number of likely N-dealkylation sites (tertiary alicyclic amines) is 1. The van der Waals surface area contributed by atoms with Crippen molar-refractivity contribution in [2.75, 3.05) is 19.7 Å². The molecule has 2 heterocycles. The van der Waals surface area contributed by atoms with E-state index < -0.39 is 0 Å². The van der Waals surface area contributed by atoms with Gasteiger partial charge in [0, 0.05) is 31.3 Å². The van der Waals surface area contributed by atoms with Crippen molar-refractivity contribution in [3.05, 3.63) is 0 Å². The van der Waals surface area contributed by atoms with Crippen LogP contribution in [-0.2, 0) is 4.74 Å². The van der Waals surface area contributed by atoms with Crippen molar-refractivity contribution in [2.24, 2.45) is 0 Å². The molecule has 3 heteroatoms. The molecule has 1 N–H and O–H groups in total. The molecule has 3 rings (SSSR count). The fourth-order valence-electron chi connectivity index (χ4n) is 4.46. The Kier molecular flexibility index (Phi) is 5.36. The monoisotopic (exact) mass is 280 g/mol. The lowest BCUT2D eigenvalue weighted by molar-refractivity contribution is 0.0118. The highest BCUT2D eigenvalue weighted by molar-refractivity contribution is 4.88. The minimum absolute atomic E-state index is 0.444. The third kappa shape index (κ3) is 3.75. The van der Waals surface area contributed by atoms with E-state index in [2.05, 4.69) is 17.1 Å². The van der Waals surface area contributed by atoms with Gasteiger partial charge >= 0.3 is 0 Å². The van der Waals surface area contributed by atoms with E-state index in [1.54, 1.807) is 0 Å². The number of hydrogen-bond donors (Lipinski definition) is 1. The minimum atomic E-state index is 0.444. The van der Waals surface area contributed by atoms with Crippen LogP contribution in [0.15, 0.2) is 0 Å². The number of ether oxygens (including phenoxy) is 1. The van der Waals surface area contributed by atoms with Crippen LogP contribution in [0.25, 0.3) is 0 Å². The summed E-state index contributed by atoms with van der Waals surface area (Å²) in [5.41, 5.74) is 0. The molecule has 2 aliphatic heterocycles. The molecular formula is C17H32N2O. The predicted molar refractivity (Wildman–Crippen MR) is 83.0 cm³/mol. The quantitative estimate of drug-likeness (QED) is 0.857. The highest BCUT2D eigenvalue weighted by Gasteiger charge is 2.31. The Hall–Kier alpha value is -0.120. The lowest BCUT2D eigenvalue weighted by Gasteiger charge is -2.37. The van der Waals surface area contributed by atoms with E-state index in [0.717, 1.165) is 18.7 Å². The van der Waals surface area contributed by atoms with Crippen LogP contribution in [0.3, 0.4) is 0 Å². The zero-order chi connectivity index (χ0) is 13.8. The van der Waals surface area contributed by atoms with E-state index in [4.69, 9.17) is 4.74 Å². The van der Waals surface area contributed by atoms with Gasteiger partial charge in [0.1, 0.15) is 0 Å². The smallest absolute Gasteiger partial charge is 0.0561 e. The van der Waals surface area contributed by atoms with E-state index in [-0.39, 0.29) is 0 Å². The lowest BCUT2D eigenvalue weighted by Crippen LogP contribution is -2.48. The zero-order valence-electron chi connectivity index (χ0n) is 13.2. The summed E-state index contributed by atoms with van der Waals surface area (Å²) in [5.74, 6) is 0. The van der Waals surface area contributed by atoms with Gasteiger partial charge < -0.3 is 10.1 Å². The van der Waals surface area contributed by atoms with Crippen LogP contribution in [0.2, 0.25) is 0 Å². The molecule has 3 nitrogen and oxygen atoms in total. The van der Waals surface area contributed by atoms with Crippen molar-refractivity contribution in [3.8, 4) is 0 Å². The molecule has 3 fully saturated rings. The number of nitrogens with zero attached hydrogens (tertiary/aromatic N) is 1. The molecule has 1 aliphatic carbocycles. The summed E-state index contributed by atoms with van der Waals surface area (Å²) in [7, 11) is 0. The Labute approximate surface area is 124 Å². The van der Waals surface area contributed by atoms with E-state index in [1.165, 1.54) is 70.9 Å². The maximum atomic E-state index is 5.65. The molecule has 3 aliphatic rings. The van der Waals surface area contributed by atoms with Crippen molar-refractivity contribution in [1.82, 2.24) is 10.2 Å². The minimum Gasteiger partial charge on any atom is -0.378 e. The summed E-state index contributed by atoms with van der Waals surface area (Å²) < 4.78 is 5.65. The third-order valence-electron chi connectivity index (χ3n) is 5.59. The molecule has 3 unspecified atom stereocenters. The molecule has 1 saturated carbocycles. The Bertz CT molecular complexity index is 291. The van der Waals surface area contributed by atoms with Crippen LogP contribution in [0.1, 0.15) is 64.7 Å². The second-order valence-corrected chi connectivity index (χ2v) is 7.14. The van der Waals surface area contributed by atoms with E-state index in [9.17, 15) is 0 Å². The largest absolute Gasteiger partial charge is 0.378 e. The van der Waals surface area contributed by atoms with Gasteiger partial charge in [0.15, 0.2) is 0 Å². The molecule has 0 aromatic carbocycles. The van der Waals surface area contributed by atoms with Gasteiger partial charge in [-0.3, -0.25) is 4.90 Å².